The van der Waals surface area contributed by atoms with Crippen LogP contribution in [0.2, 0.25) is 0 Å². The highest BCUT2D eigenvalue weighted by Gasteiger charge is 2.36. The largest absolute Gasteiger partial charge is 0.467 e. The van der Waals surface area contributed by atoms with Crippen LogP contribution in [0.3, 0.4) is 0 Å². The second-order valence-electron chi connectivity index (χ2n) is 4.90. The SMILES string of the molecule is COC(=O)C(CC(C)C)Nc1ncc(Br)cc1C(F)(F)F. The van der Waals surface area contributed by atoms with E-state index in [0.717, 1.165) is 6.07 Å². The van der Waals surface area contributed by atoms with Gasteiger partial charge in [0, 0.05) is 10.7 Å². The van der Waals surface area contributed by atoms with E-state index in [1.165, 1.54) is 13.3 Å². The first-order valence-corrected chi connectivity index (χ1v) is 7.01. The van der Waals surface area contributed by atoms with Crippen molar-refractivity contribution in [3.05, 3.63) is 22.3 Å². The van der Waals surface area contributed by atoms with Gasteiger partial charge in [-0.05, 0) is 34.3 Å². The van der Waals surface area contributed by atoms with Gasteiger partial charge in [0.25, 0.3) is 0 Å². The van der Waals surface area contributed by atoms with Crippen LogP contribution in [0.4, 0.5) is 19.0 Å². The minimum Gasteiger partial charge on any atom is -0.467 e. The van der Waals surface area contributed by atoms with Crippen molar-refractivity contribution in [3.8, 4) is 0 Å². The van der Waals surface area contributed by atoms with Crippen LogP contribution >= 0.6 is 15.9 Å². The normalized spacial score (nSPS) is 13.1. The van der Waals surface area contributed by atoms with Crippen molar-refractivity contribution in [2.45, 2.75) is 32.5 Å². The van der Waals surface area contributed by atoms with E-state index in [2.05, 4.69) is 31.0 Å². The number of nitrogens with zero attached hydrogens (tertiary/aromatic N) is 1. The van der Waals surface area contributed by atoms with E-state index in [1.54, 1.807) is 0 Å². The molecule has 0 bridgehead atoms. The standard InChI is InChI=1S/C13H16BrF3N2O2/c1-7(2)4-10(12(20)21-3)19-11-9(13(15,16)17)5-8(14)6-18-11/h5-7,10H,4H2,1-3H3,(H,18,19). The van der Waals surface area contributed by atoms with Crippen molar-refractivity contribution in [1.82, 2.24) is 4.98 Å². The summed E-state index contributed by atoms with van der Waals surface area (Å²) in [6, 6.07) is 0.0313. The number of carbonyl (C=O) groups is 1. The number of hydrogen-bond acceptors (Lipinski definition) is 4. The molecule has 0 amide bonds. The molecule has 0 saturated carbocycles. The van der Waals surface area contributed by atoms with Gasteiger partial charge in [-0.25, -0.2) is 9.78 Å². The monoisotopic (exact) mass is 368 g/mol. The topological polar surface area (TPSA) is 51.2 Å². The average Bonchev–Trinajstić information content (AvgIpc) is 2.37. The Morgan fingerprint density at radius 1 is 1.48 bits per heavy atom. The van der Waals surface area contributed by atoms with Gasteiger partial charge in [0.2, 0.25) is 0 Å². The van der Waals surface area contributed by atoms with E-state index in [1.807, 2.05) is 13.8 Å². The molecule has 0 spiro atoms. The number of hydrogen-bond donors (Lipinski definition) is 1. The first-order valence-electron chi connectivity index (χ1n) is 6.22. The Labute approximate surface area is 129 Å². The number of ether oxygens (including phenoxy) is 1. The van der Waals surface area contributed by atoms with Crippen LogP contribution in [0.5, 0.6) is 0 Å². The number of nitrogens with one attached hydrogen (secondary N) is 1. The molecule has 21 heavy (non-hydrogen) atoms. The summed E-state index contributed by atoms with van der Waals surface area (Å²) >= 11 is 2.96. The highest BCUT2D eigenvalue weighted by molar-refractivity contribution is 9.10. The fourth-order valence-electron chi connectivity index (χ4n) is 1.76. The molecule has 0 aliphatic heterocycles. The van der Waals surface area contributed by atoms with Crippen LogP contribution in [0.15, 0.2) is 16.7 Å². The molecule has 1 aromatic rings. The van der Waals surface area contributed by atoms with Crippen LogP contribution < -0.4 is 5.32 Å². The maximum absolute atomic E-state index is 13.0. The van der Waals surface area contributed by atoms with E-state index >= 15 is 0 Å². The minimum atomic E-state index is -4.57. The molecular weight excluding hydrogens is 353 g/mol. The number of aromatic nitrogens is 1. The molecule has 1 unspecified atom stereocenters. The van der Waals surface area contributed by atoms with E-state index in [-0.39, 0.29) is 16.2 Å². The zero-order chi connectivity index (χ0) is 16.2. The molecule has 0 saturated heterocycles. The summed E-state index contributed by atoms with van der Waals surface area (Å²) in [5.41, 5.74) is -0.936. The van der Waals surface area contributed by atoms with E-state index in [0.29, 0.717) is 6.42 Å². The quantitative estimate of drug-likeness (QED) is 0.801. The fraction of sp³-hybridized carbons (Fsp3) is 0.538. The number of pyridine rings is 1. The first-order chi connectivity index (χ1) is 9.65. The molecule has 1 rings (SSSR count). The molecule has 118 valence electrons. The number of methoxy groups -OCH3 is 1. The average molecular weight is 369 g/mol. The van der Waals surface area contributed by atoms with Gasteiger partial charge in [-0.1, -0.05) is 13.8 Å². The number of esters is 1. The molecule has 4 nitrogen and oxygen atoms in total. The lowest BCUT2D eigenvalue weighted by Crippen LogP contribution is -2.33. The van der Waals surface area contributed by atoms with E-state index in [9.17, 15) is 18.0 Å². The van der Waals surface area contributed by atoms with Crippen molar-refractivity contribution >= 4 is 27.7 Å². The summed E-state index contributed by atoms with van der Waals surface area (Å²) in [6.45, 7) is 3.72. The van der Waals surface area contributed by atoms with Gasteiger partial charge in [0.05, 0.1) is 12.7 Å². The summed E-state index contributed by atoms with van der Waals surface area (Å²) in [5.74, 6) is -0.908. The molecule has 1 aromatic heterocycles. The smallest absolute Gasteiger partial charge is 0.419 e. The lowest BCUT2D eigenvalue weighted by atomic mass is 10.0. The molecule has 1 heterocycles. The third-order valence-corrected chi connectivity index (χ3v) is 3.10. The second kappa shape index (κ2) is 7.11. The van der Waals surface area contributed by atoms with E-state index < -0.39 is 23.8 Å². The zero-order valence-corrected chi connectivity index (χ0v) is 13.4. The summed E-state index contributed by atoms with van der Waals surface area (Å²) in [5, 5.41) is 2.54. The molecule has 1 atom stereocenters. The Hall–Kier alpha value is -1.31. The third-order valence-electron chi connectivity index (χ3n) is 2.66. The molecule has 8 heteroatoms. The molecule has 0 fully saturated rings. The molecule has 0 aliphatic carbocycles. The Kier molecular flexibility index (Phi) is 6.00. The third kappa shape index (κ3) is 5.18. The van der Waals surface area contributed by atoms with Gasteiger partial charge in [-0.3, -0.25) is 0 Å². The zero-order valence-electron chi connectivity index (χ0n) is 11.8. The highest BCUT2D eigenvalue weighted by Crippen LogP contribution is 2.35. The van der Waals surface area contributed by atoms with Crippen molar-refractivity contribution in [2.24, 2.45) is 5.92 Å². The van der Waals surface area contributed by atoms with Crippen LogP contribution in [-0.2, 0) is 15.7 Å². The highest BCUT2D eigenvalue weighted by atomic mass is 79.9. The second-order valence-corrected chi connectivity index (χ2v) is 5.81. The summed E-state index contributed by atoms with van der Waals surface area (Å²) < 4.78 is 43.8. The Bertz CT molecular complexity index is 507. The van der Waals surface area contributed by atoms with Gasteiger partial charge in [-0.15, -0.1) is 0 Å². The van der Waals surface area contributed by atoms with Gasteiger partial charge in [0.1, 0.15) is 11.9 Å². The summed E-state index contributed by atoms with van der Waals surface area (Å²) in [7, 11) is 1.19. The number of rotatable bonds is 5. The van der Waals surface area contributed by atoms with Crippen LogP contribution in [-0.4, -0.2) is 24.1 Å². The molecular formula is C13H16BrF3N2O2. The predicted octanol–water partition coefficient (Wildman–Crippen LogP) is 3.86. The van der Waals surface area contributed by atoms with Gasteiger partial charge in [0.15, 0.2) is 0 Å². The predicted molar refractivity (Wildman–Crippen MR) is 75.8 cm³/mol. The van der Waals surface area contributed by atoms with Crippen molar-refractivity contribution in [2.75, 3.05) is 12.4 Å². The van der Waals surface area contributed by atoms with Gasteiger partial charge >= 0.3 is 12.1 Å². The van der Waals surface area contributed by atoms with Crippen LogP contribution in [0.1, 0.15) is 25.8 Å². The fourth-order valence-corrected chi connectivity index (χ4v) is 2.09. The van der Waals surface area contributed by atoms with Gasteiger partial charge < -0.3 is 10.1 Å². The summed E-state index contributed by atoms with van der Waals surface area (Å²) in [4.78, 5) is 15.4. The van der Waals surface area contributed by atoms with Crippen molar-refractivity contribution in [3.63, 3.8) is 0 Å². The molecule has 1 N–H and O–H groups in total. The number of carbonyl (C=O) groups excluding carboxylic acids is 1. The van der Waals surface area contributed by atoms with E-state index in [4.69, 9.17) is 0 Å². The van der Waals surface area contributed by atoms with Crippen molar-refractivity contribution < 1.29 is 22.7 Å². The number of halogens is 4. The summed E-state index contributed by atoms with van der Waals surface area (Å²) in [6.07, 6.45) is -3.00. The molecule has 0 aliphatic rings. The maximum atomic E-state index is 13.0. The minimum absolute atomic E-state index is 0.103. The number of alkyl halides is 3. The Morgan fingerprint density at radius 2 is 2.10 bits per heavy atom. The number of anilines is 1. The Balaban J connectivity index is 3.11. The van der Waals surface area contributed by atoms with Crippen molar-refractivity contribution in [1.29, 1.82) is 0 Å². The molecule has 0 radical (unpaired) electrons. The Morgan fingerprint density at radius 3 is 2.57 bits per heavy atom. The van der Waals surface area contributed by atoms with Crippen LogP contribution in [0, 0.1) is 5.92 Å². The lowest BCUT2D eigenvalue weighted by molar-refractivity contribution is -0.142. The lowest BCUT2D eigenvalue weighted by Gasteiger charge is -2.21. The van der Waals surface area contributed by atoms with Gasteiger partial charge in [-0.2, -0.15) is 13.2 Å². The first kappa shape index (κ1) is 17.7. The maximum Gasteiger partial charge on any atom is 0.419 e. The molecule has 0 aromatic carbocycles. The van der Waals surface area contributed by atoms with Crippen LogP contribution in [0.25, 0.3) is 0 Å².